The number of carbonyl (C=O) groups is 1. The van der Waals surface area contributed by atoms with Crippen LogP contribution < -0.4 is 10.5 Å². The number of hydrogen-bond acceptors (Lipinski definition) is 4. The van der Waals surface area contributed by atoms with Crippen LogP contribution in [-0.2, 0) is 11.2 Å². The summed E-state index contributed by atoms with van der Waals surface area (Å²) in [6.07, 6.45) is 0.833. The summed E-state index contributed by atoms with van der Waals surface area (Å²) in [5.74, 6) is -0.138. The lowest BCUT2D eigenvalue weighted by Crippen LogP contribution is -2.41. The zero-order chi connectivity index (χ0) is 13.5. The number of methoxy groups -OCH3 is 1. The van der Waals surface area contributed by atoms with Crippen molar-refractivity contribution >= 4 is 5.97 Å². The number of carboxylic acid groups (broad SMARTS) is 1. The number of nitrogens with zero attached hydrogens (tertiary/aromatic N) is 1. The summed E-state index contributed by atoms with van der Waals surface area (Å²) in [7, 11) is 3.50. The van der Waals surface area contributed by atoms with Crippen LogP contribution in [0.2, 0.25) is 0 Å². The molecule has 0 bridgehead atoms. The SMILES string of the molecule is COc1cccc(CCN(C)CC(N)C(=O)O)c1. The molecule has 1 rings (SSSR count). The van der Waals surface area contributed by atoms with E-state index in [-0.39, 0.29) is 0 Å². The molecule has 5 nitrogen and oxygen atoms in total. The molecule has 1 aromatic rings. The second-order valence-electron chi connectivity index (χ2n) is 4.31. The van der Waals surface area contributed by atoms with Gasteiger partial charge in [0.15, 0.2) is 0 Å². The average molecular weight is 252 g/mol. The number of nitrogens with two attached hydrogens (primary N) is 1. The molecule has 0 radical (unpaired) electrons. The summed E-state index contributed by atoms with van der Waals surface area (Å²) >= 11 is 0. The lowest BCUT2D eigenvalue weighted by atomic mass is 10.1. The van der Waals surface area contributed by atoms with Crippen molar-refractivity contribution in [3.8, 4) is 5.75 Å². The van der Waals surface area contributed by atoms with Crippen molar-refractivity contribution in [1.82, 2.24) is 4.90 Å². The highest BCUT2D eigenvalue weighted by Gasteiger charge is 2.13. The summed E-state index contributed by atoms with van der Waals surface area (Å²) in [4.78, 5) is 12.5. The van der Waals surface area contributed by atoms with E-state index < -0.39 is 12.0 Å². The van der Waals surface area contributed by atoms with Gasteiger partial charge in [-0.25, -0.2) is 0 Å². The predicted octanol–water partition coefficient (Wildman–Crippen LogP) is 0.581. The third kappa shape index (κ3) is 4.73. The van der Waals surface area contributed by atoms with E-state index in [0.717, 1.165) is 24.3 Å². The molecule has 5 heteroatoms. The van der Waals surface area contributed by atoms with Crippen LogP contribution in [0.3, 0.4) is 0 Å². The van der Waals surface area contributed by atoms with Gasteiger partial charge in [-0.3, -0.25) is 4.79 Å². The Bertz CT molecular complexity index is 396. The second-order valence-corrected chi connectivity index (χ2v) is 4.31. The normalized spacial score (nSPS) is 12.4. The minimum absolute atomic E-state index is 0.347. The first-order valence-electron chi connectivity index (χ1n) is 5.82. The molecule has 0 aromatic heterocycles. The smallest absolute Gasteiger partial charge is 0.321 e. The van der Waals surface area contributed by atoms with E-state index in [1.807, 2.05) is 36.2 Å². The molecule has 0 aliphatic rings. The fourth-order valence-corrected chi connectivity index (χ4v) is 1.65. The van der Waals surface area contributed by atoms with Crippen LogP contribution in [0.4, 0.5) is 0 Å². The van der Waals surface area contributed by atoms with Crippen LogP contribution in [-0.4, -0.2) is 49.3 Å². The Morgan fingerprint density at radius 2 is 2.28 bits per heavy atom. The Morgan fingerprint density at radius 1 is 1.56 bits per heavy atom. The Labute approximate surface area is 107 Å². The zero-order valence-electron chi connectivity index (χ0n) is 10.8. The first-order valence-corrected chi connectivity index (χ1v) is 5.82. The van der Waals surface area contributed by atoms with Crippen molar-refractivity contribution in [3.63, 3.8) is 0 Å². The van der Waals surface area contributed by atoms with Gasteiger partial charge in [0, 0.05) is 13.1 Å². The Kier molecular flexibility index (Phi) is 5.61. The van der Waals surface area contributed by atoms with Crippen LogP contribution in [0.5, 0.6) is 5.75 Å². The second kappa shape index (κ2) is 6.98. The van der Waals surface area contributed by atoms with Gasteiger partial charge in [0.25, 0.3) is 0 Å². The molecule has 3 N–H and O–H groups in total. The number of carboxylic acids is 1. The zero-order valence-corrected chi connectivity index (χ0v) is 10.8. The van der Waals surface area contributed by atoms with Gasteiger partial charge in [-0.2, -0.15) is 0 Å². The van der Waals surface area contributed by atoms with E-state index >= 15 is 0 Å². The molecule has 0 amide bonds. The number of benzene rings is 1. The Hall–Kier alpha value is -1.59. The molecular formula is C13H20N2O3. The lowest BCUT2D eigenvalue weighted by molar-refractivity contribution is -0.138. The van der Waals surface area contributed by atoms with E-state index in [2.05, 4.69) is 0 Å². The van der Waals surface area contributed by atoms with Crippen molar-refractivity contribution < 1.29 is 14.6 Å². The summed E-state index contributed by atoms with van der Waals surface area (Å²) in [6, 6.07) is 7.00. The third-order valence-corrected chi connectivity index (χ3v) is 2.74. The highest BCUT2D eigenvalue weighted by molar-refractivity contribution is 5.73. The predicted molar refractivity (Wildman–Crippen MR) is 69.8 cm³/mol. The average Bonchev–Trinajstić information content (AvgIpc) is 2.36. The maximum atomic E-state index is 10.6. The fraction of sp³-hybridized carbons (Fsp3) is 0.462. The van der Waals surface area contributed by atoms with Gasteiger partial charge in [-0.1, -0.05) is 12.1 Å². The van der Waals surface area contributed by atoms with Crippen molar-refractivity contribution in [1.29, 1.82) is 0 Å². The van der Waals surface area contributed by atoms with Crippen molar-refractivity contribution in [2.45, 2.75) is 12.5 Å². The first kappa shape index (κ1) is 14.5. The topological polar surface area (TPSA) is 75.8 Å². The monoisotopic (exact) mass is 252 g/mol. The number of aliphatic carboxylic acids is 1. The van der Waals surface area contributed by atoms with Crippen LogP contribution in [0.25, 0.3) is 0 Å². The molecule has 0 fully saturated rings. The minimum Gasteiger partial charge on any atom is -0.497 e. The molecule has 1 unspecified atom stereocenters. The maximum absolute atomic E-state index is 10.6. The van der Waals surface area contributed by atoms with Crippen LogP contribution in [0.15, 0.2) is 24.3 Å². The largest absolute Gasteiger partial charge is 0.497 e. The van der Waals surface area contributed by atoms with E-state index in [1.54, 1.807) is 7.11 Å². The fourth-order valence-electron chi connectivity index (χ4n) is 1.65. The van der Waals surface area contributed by atoms with Gasteiger partial charge in [-0.05, 0) is 31.2 Å². The number of likely N-dealkylation sites (N-methyl/N-ethyl adjacent to an activating group) is 1. The van der Waals surface area contributed by atoms with Crippen molar-refractivity contribution in [2.75, 3.05) is 27.2 Å². The van der Waals surface area contributed by atoms with Crippen LogP contribution >= 0.6 is 0 Å². The molecule has 0 aliphatic carbocycles. The summed E-state index contributed by atoms with van der Waals surface area (Å²) < 4.78 is 5.15. The number of ether oxygens (including phenoxy) is 1. The molecule has 100 valence electrons. The highest BCUT2D eigenvalue weighted by atomic mass is 16.5. The van der Waals surface area contributed by atoms with Crippen molar-refractivity contribution in [2.24, 2.45) is 5.73 Å². The van der Waals surface area contributed by atoms with Crippen LogP contribution in [0, 0.1) is 0 Å². The van der Waals surface area contributed by atoms with E-state index in [9.17, 15) is 4.79 Å². The summed E-state index contributed by atoms with van der Waals surface area (Å²) in [5, 5.41) is 8.72. The number of hydrogen-bond donors (Lipinski definition) is 2. The van der Waals surface area contributed by atoms with Crippen LogP contribution in [0.1, 0.15) is 5.56 Å². The van der Waals surface area contributed by atoms with Gasteiger partial charge in [0.2, 0.25) is 0 Å². The standard InChI is InChI=1S/C13H20N2O3/c1-15(9-12(14)13(16)17)7-6-10-4-3-5-11(8-10)18-2/h3-5,8,12H,6-7,9,14H2,1-2H3,(H,16,17). The molecule has 0 heterocycles. The van der Waals surface area contributed by atoms with Gasteiger partial charge in [0.05, 0.1) is 7.11 Å². The molecular weight excluding hydrogens is 232 g/mol. The number of rotatable bonds is 7. The maximum Gasteiger partial charge on any atom is 0.321 e. The van der Waals surface area contributed by atoms with Gasteiger partial charge < -0.3 is 20.5 Å². The molecule has 0 aliphatic heterocycles. The molecule has 18 heavy (non-hydrogen) atoms. The summed E-state index contributed by atoms with van der Waals surface area (Å²) in [5.41, 5.74) is 6.63. The lowest BCUT2D eigenvalue weighted by Gasteiger charge is -2.18. The molecule has 1 atom stereocenters. The van der Waals surface area contributed by atoms with E-state index in [1.165, 1.54) is 0 Å². The molecule has 0 saturated heterocycles. The molecule has 0 spiro atoms. The van der Waals surface area contributed by atoms with Gasteiger partial charge in [-0.15, -0.1) is 0 Å². The molecule has 0 saturated carbocycles. The van der Waals surface area contributed by atoms with Gasteiger partial charge in [0.1, 0.15) is 11.8 Å². The third-order valence-electron chi connectivity index (χ3n) is 2.74. The minimum atomic E-state index is -0.969. The quantitative estimate of drug-likeness (QED) is 0.742. The van der Waals surface area contributed by atoms with E-state index in [0.29, 0.717) is 6.54 Å². The summed E-state index contributed by atoms with van der Waals surface area (Å²) in [6.45, 7) is 1.10. The Balaban J connectivity index is 2.42. The molecule has 1 aromatic carbocycles. The van der Waals surface area contributed by atoms with Gasteiger partial charge >= 0.3 is 5.97 Å². The highest BCUT2D eigenvalue weighted by Crippen LogP contribution is 2.13. The Morgan fingerprint density at radius 3 is 2.89 bits per heavy atom. The van der Waals surface area contributed by atoms with E-state index in [4.69, 9.17) is 15.6 Å². The van der Waals surface area contributed by atoms with Crippen molar-refractivity contribution in [3.05, 3.63) is 29.8 Å². The first-order chi connectivity index (χ1) is 8.52.